The van der Waals surface area contributed by atoms with E-state index in [1.165, 1.54) is 4.88 Å². The monoisotopic (exact) mass is 364 g/mol. The average Bonchev–Trinajstić information content (AvgIpc) is 3.40. The van der Waals surface area contributed by atoms with Gasteiger partial charge >= 0.3 is 0 Å². The summed E-state index contributed by atoms with van der Waals surface area (Å²) in [5.41, 5.74) is 2.36. The van der Waals surface area contributed by atoms with Crippen LogP contribution in [-0.4, -0.2) is 38.4 Å². The number of aromatic nitrogens is 3. The molecule has 0 radical (unpaired) electrons. The predicted molar refractivity (Wildman–Crippen MR) is 101 cm³/mol. The van der Waals surface area contributed by atoms with Crippen molar-refractivity contribution < 1.29 is 4.79 Å². The lowest BCUT2D eigenvalue weighted by Crippen LogP contribution is -2.32. The van der Waals surface area contributed by atoms with Crippen molar-refractivity contribution in [2.75, 3.05) is 13.1 Å². The average molecular weight is 364 g/mol. The Morgan fingerprint density at radius 3 is 2.92 bits per heavy atom. The molecule has 132 valence electrons. The number of pyridine rings is 1. The maximum absolute atomic E-state index is 12.8. The molecule has 26 heavy (non-hydrogen) atoms. The van der Waals surface area contributed by atoms with Crippen LogP contribution < -0.4 is 0 Å². The Morgan fingerprint density at radius 2 is 2.15 bits per heavy atom. The largest absolute Gasteiger partial charge is 0.337 e. The Morgan fingerprint density at radius 1 is 1.23 bits per heavy atom. The molecule has 3 aromatic heterocycles. The molecule has 2 aliphatic rings. The van der Waals surface area contributed by atoms with Crippen molar-refractivity contribution in [1.82, 2.24) is 19.4 Å². The van der Waals surface area contributed by atoms with Gasteiger partial charge in [-0.15, -0.1) is 11.3 Å². The number of rotatable bonds is 2. The minimum atomic E-state index is 0.127. The number of imidazole rings is 1. The van der Waals surface area contributed by atoms with Gasteiger partial charge in [-0.3, -0.25) is 9.78 Å². The van der Waals surface area contributed by atoms with E-state index in [2.05, 4.69) is 20.6 Å². The molecule has 0 bridgehead atoms. The van der Waals surface area contributed by atoms with Gasteiger partial charge in [-0.25, -0.2) is 4.98 Å². The Balaban J connectivity index is 1.37. The summed E-state index contributed by atoms with van der Waals surface area (Å²) in [6.07, 6.45) is 7.61. The Kier molecular flexibility index (Phi) is 3.50. The first-order valence-corrected chi connectivity index (χ1v) is 9.76. The van der Waals surface area contributed by atoms with Crippen LogP contribution in [0.25, 0.3) is 11.3 Å². The van der Waals surface area contributed by atoms with E-state index in [4.69, 9.17) is 0 Å². The molecular weight excluding hydrogens is 344 g/mol. The molecule has 1 atom stereocenters. The van der Waals surface area contributed by atoms with Crippen molar-refractivity contribution in [2.24, 2.45) is 5.41 Å². The fraction of sp³-hybridized carbons (Fsp3) is 0.350. The number of hydrogen-bond donors (Lipinski definition) is 0. The predicted octanol–water partition coefficient (Wildman–Crippen LogP) is 3.40. The lowest BCUT2D eigenvalue weighted by atomic mass is 9.86. The summed E-state index contributed by atoms with van der Waals surface area (Å²) in [6, 6.07) is 8.01. The quantitative estimate of drug-likeness (QED) is 0.700. The van der Waals surface area contributed by atoms with E-state index in [0.717, 1.165) is 54.4 Å². The van der Waals surface area contributed by atoms with Gasteiger partial charge in [-0.2, -0.15) is 0 Å². The van der Waals surface area contributed by atoms with Crippen LogP contribution in [0.3, 0.4) is 0 Å². The van der Waals surface area contributed by atoms with Crippen LogP contribution in [-0.2, 0) is 13.0 Å². The summed E-state index contributed by atoms with van der Waals surface area (Å²) in [6.45, 7) is 4.63. The lowest BCUT2D eigenvalue weighted by molar-refractivity contribution is 0.0776. The molecule has 0 unspecified atom stereocenters. The Bertz CT molecular complexity index is 977. The first kappa shape index (κ1) is 15.8. The van der Waals surface area contributed by atoms with Crippen LogP contribution in [0.4, 0.5) is 0 Å². The topological polar surface area (TPSA) is 51.0 Å². The first-order chi connectivity index (χ1) is 12.6. The van der Waals surface area contributed by atoms with Gasteiger partial charge in [0.05, 0.1) is 16.8 Å². The number of carbonyl (C=O) groups is 1. The molecule has 3 aromatic rings. The smallest absolute Gasteiger partial charge is 0.263 e. The Hall–Kier alpha value is -2.47. The van der Waals surface area contributed by atoms with E-state index in [1.54, 1.807) is 17.5 Å². The second-order valence-corrected chi connectivity index (χ2v) is 8.74. The fourth-order valence-electron chi connectivity index (χ4n) is 4.29. The number of likely N-dealkylation sites (tertiary alicyclic amines) is 1. The third-order valence-electron chi connectivity index (χ3n) is 5.60. The van der Waals surface area contributed by atoms with Crippen molar-refractivity contribution in [3.8, 4) is 11.3 Å². The van der Waals surface area contributed by atoms with Crippen LogP contribution in [0.2, 0.25) is 0 Å². The zero-order chi connectivity index (χ0) is 17.7. The highest BCUT2D eigenvalue weighted by Crippen LogP contribution is 2.43. The molecule has 1 saturated heterocycles. The second kappa shape index (κ2) is 5.77. The van der Waals surface area contributed by atoms with Crippen molar-refractivity contribution >= 4 is 17.2 Å². The lowest BCUT2D eigenvalue weighted by Gasteiger charge is -2.23. The highest BCUT2D eigenvalue weighted by Gasteiger charge is 2.45. The maximum Gasteiger partial charge on any atom is 0.263 e. The number of hydrogen-bond acceptors (Lipinski definition) is 4. The van der Waals surface area contributed by atoms with Crippen LogP contribution in [0, 0.1) is 12.3 Å². The summed E-state index contributed by atoms with van der Waals surface area (Å²) in [4.78, 5) is 25.8. The summed E-state index contributed by atoms with van der Waals surface area (Å²) >= 11 is 1.59. The standard InChI is InChI=1S/C20H20N4OS/c1-14-4-5-17(26-14)19(25)23-8-6-20(12-23)9-18-22-11-16(24(18)13-20)15-3-2-7-21-10-15/h2-5,7,10-11H,6,8-9,12-13H2,1H3/t20-/m1/s1. The van der Waals surface area contributed by atoms with Crippen LogP contribution in [0.15, 0.2) is 42.9 Å². The molecule has 0 aromatic carbocycles. The minimum Gasteiger partial charge on any atom is -0.337 e. The minimum absolute atomic E-state index is 0.127. The molecule has 5 nitrogen and oxygen atoms in total. The maximum atomic E-state index is 12.8. The molecule has 2 aliphatic heterocycles. The number of thiophene rings is 1. The molecule has 0 N–H and O–H groups in total. The number of fused-ring (bicyclic) bond motifs is 1. The molecule has 0 aliphatic carbocycles. The van der Waals surface area contributed by atoms with Gasteiger partial charge in [0, 0.05) is 54.3 Å². The summed E-state index contributed by atoms with van der Waals surface area (Å²) in [7, 11) is 0. The van der Waals surface area contributed by atoms with E-state index < -0.39 is 0 Å². The molecule has 5 rings (SSSR count). The number of aryl methyl sites for hydroxylation is 1. The molecule has 1 amide bonds. The highest BCUT2D eigenvalue weighted by atomic mass is 32.1. The third kappa shape index (κ3) is 2.48. The molecular formula is C20H20N4OS. The number of carbonyl (C=O) groups excluding carboxylic acids is 1. The molecule has 0 saturated carbocycles. The fourth-order valence-corrected chi connectivity index (χ4v) is 5.13. The Labute approximate surface area is 156 Å². The van der Waals surface area contributed by atoms with Crippen LogP contribution in [0.1, 0.15) is 26.8 Å². The molecule has 1 fully saturated rings. The van der Waals surface area contributed by atoms with Gasteiger partial charge in [0.2, 0.25) is 0 Å². The highest BCUT2D eigenvalue weighted by molar-refractivity contribution is 7.13. The van der Waals surface area contributed by atoms with E-state index in [-0.39, 0.29) is 11.3 Å². The SMILES string of the molecule is Cc1ccc(C(=O)N2CC[C@@]3(Cc4ncc(-c5cccnc5)n4C3)C2)s1. The summed E-state index contributed by atoms with van der Waals surface area (Å²) in [5.74, 6) is 1.31. The third-order valence-corrected chi connectivity index (χ3v) is 6.59. The van der Waals surface area contributed by atoms with Gasteiger partial charge in [0.15, 0.2) is 0 Å². The molecule has 5 heterocycles. The zero-order valence-electron chi connectivity index (χ0n) is 14.7. The van der Waals surface area contributed by atoms with Gasteiger partial charge in [0.25, 0.3) is 5.91 Å². The molecule has 6 heteroatoms. The van der Waals surface area contributed by atoms with E-state index in [1.807, 2.05) is 42.4 Å². The van der Waals surface area contributed by atoms with Crippen molar-refractivity contribution in [2.45, 2.75) is 26.3 Å². The van der Waals surface area contributed by atoms with E-state index in [0.29, 0.717) is 0 Å². The van der Waals surface area contributed by atoms with Crippen molar-refractivity contribution in [1.29, 1.82) is 0 Å². The van der Waals surface area contributed by atoms with Crippen LogP contribution >= 0.6 is 11.3 Å². The van der Waals surface area contributed by atoms with Gasteiger partial charge < -0.3 is 9.47 Å². The number of nitrogens with zero attached hydrogens (tertiary/aromatic N) is 4. The summed E-state index contributed by atoms with van der Waals surface area (Å²) in [5, 5.41) is 0. The zero-order valence-corrected chi connectivity index (χ0v) is 15.5. The number of amides is 1. The van der Waals surface area contributed by atoms with Gasteiger partial charge in [-0.1, -0.05) is 0 Å². The normalized spacial score (nSPS) is 21.5. The van der Waals surface area contributed by atoms with Crippen molar-refractivity contribution in [3.05, 3.63) is 58.4 Å². The van der Waals surface area contributed by atoms with Crippen LogP contribution in [0.5, 0.6) is 0 Å². The van der Waals surface area contributed by atoms with Gasteiger partial charge in [-0.05, 0) is 37.6 Å². The summed E-state index contributed by atoms with van der Waals surface area (Å²) < 4.78 is 2.32. The molecule has 1 spiro atoms. The van der Waals surface area contributed by atoms with Gasteiger partial charge in [0.1, 0.15) is 5.82 Å². The van der Waals surface area contributed by atoms with Crippen molar-refractivity contribution in [3.63, 3.8) is 0 Å². The van der Waals surface area contributed by atoms with E-state index in [9.17, 15) is 4.79 Å². The van der Waals surface area contributed by atoms with E-state index >= 15 is 0 Å². The first-order valence-electron chi connectivity index (χ1n) is 8.94. The second-order valence-electron chi connectivity index (χ2n) is 7.45.